The molecule has 2 atom stereocenters. The lowest BCUT2D eigenvalue weighted by atomic mass is 10.0. The molecule has 1 aliphatic rings. The van der Waals surface area contributed by atoms with Crippen LogP contribution in [0, 0.1) is 0 Å². The monoisotopic (exact) mass is 246 g/mol. The average molecular weight is 246 g/mol. The van der Waals surface area contributed by atoms with Gasteiger partial charge >= 0.3 is 0 Å². The molecule has 15 heavy (non-hydrogen) atoms. The van der Waals surface area contributed by atoms with E-state index in [1.54, 1.807) is 19.0 Å². The van der Waals surface area contributed by atoms with Crippen LogP contribution < -0.4 is 0 Å². The Morgan fingerprint density at radius 2 is 1.67 bits per heavy atom. The predicted octanol–water partition coefficient (Wildman–Crippen LogP) is 5.56. The molecule has 1 aliphatic carbocycles. The Morgan fingerprint density at radius 1 is 0.933 bits per heavy atom. The highest BCUT2D eigenvalue weighted by Gasteiger charge is 2.12. The molecule has 1 rings (SSSR count). The van der Waals surface area contributed by atoms with Crippen molar-refractivity contribution in [2.75, 3.05) is 6.16 Å². The molecule has 0 aromatic carbocycles. The molecule has 1 saturated carbocycles. The van der Waals surface area contributed by atoms with Crippen LogP contribution in [0.2, 0.25) is 0 Å². The van der Waals surface area contributed by atoms with Gasteiger partial charge in [0.25, 0.3) is 0 Å². The number of unbranched alkanes of at least 4 members (excludes halogenated alkanes) is 4. The third-order valence-electron chi connectivity index (χ3n) is 3.32. The number of rotatable bonds is 8. The highest BCUT2D eigenvalue weighted by atomic mass is 32.0. The second-order valence-electron chi connectivity index (χ2n) is 4.82. The van der Waals surface area contributed by atoms with Crippen molar-refractivity contribution >= 4 is 16.5 Å². The van der Waals surface area contributed by atoms with Gasteiger partial charge in [-0.1, -0.05) is 68.4 Å². The first-order chi connectivity index (χ1) is 7.43. The minimum atomic E-state index is 1.15. The highest BCUT2D eigenvalue weighted by Crippen LogP contribution is 2.46. The van der Waals surface area contributed by atoms with Crippen molar-refractivity contribution in [3.05, 3.63) is 0 Å². The maximum atomic E-state index is 2.30. The molecule has 0 spiro atoms. The van der Waals surface area contributed by atoms with Crippen LogP contribution in [0.1, 0.15) is 71.1 Å². The van der Waals surface area contributed by atoms with Crippen molar-refractivity contribution in [1.29, 1.82) is 0 Å². The molecule has 0 aromatic rings. The van der Waals surface area contributed by atoms with Gasteiger partial charge in [0.05, 0.1) is 0 Å². The van der Waals surface area contributed by atoms with Crippen molar-refractivity contribution in [1.82, 2.24) is 0 Å². The molecule has 0 bridgehead atoms. The predicted molar refractivity (Wildman–Crippen MR) is 77.1 cm³/mol. The van der Waals surface area contributed by atoms with Crippen LogP contribution in [0.4, 0.5) is 0 Å². The summed E-state index contributed by atoms with van der Waals surface area (Å²) in [7, 11) is 2.62. The zero-order valence-corrected chi connectivity index (χ0v) is 12.4. The molecule has 90 valence electrons. The summed E-state index contributed by atoms with van der Waals surface area (Å²) in [6, 6.07) is 0. The Hall–Kier alpha value is 0.860. The molecule has 0 nitrogen and oxygen atoms in total. The number of hydrogen-bond donors (Lipinski definition) is 0. The molecule has 2 heteroatoms. The highest BCUT2D eigenvalue weighted by molar-refractivity contribution is 8.12. The van der Waals surface area contributed by atoms with Crippen LogP contribution in [0.5, 0.6) is 0 Å². The van der Waals surface area contributed by atoms with E-state index in [1.165, 1.54) is 67.9 Å². The van der Waals surface area contributed by atoms with Crippen molar-refractivity contribution in [2.24, 2.45) is 0 Å². The SMILES string of the molecule is CCCCCCCPPC1CCCCC1. The molecule has 0 amide bonds. The molecule has 0 aliphatic heterocycles. The van der Waals surface area contributed by atoms with Crippen molar-refractivity contribution in [3.8, 4) is 0 Å². The van der Waals surface area contributed by atoms with E-state index in [0.717, 1.165) is 5.66 Å². The summed E-state index contributed by atoms with van der Waals surface area (Å²) < 4.78 is 0. The Morgan fingerprint density at radius 3 is 2.40 bits per heavy atom. The second kappa shape index (κ2) is 10.0. The van der Waals surface area contributed by atoms with Crippen molar-refractivity contribution in [3.63, 3.8) is 0 Å². The van der Waals surface area contributed by atoms with Gasteiger partial charge in [-0.05, 0) is 31.1 Å². The van der Waals surface area contributed by atoms with E-state index >= 15 is 0 Å². The van der Waals surface area contributed by atoms with E-state index in [1.807, 2.05) is 0 Å². The fourth-order valence-electron chi connectivity index (χ4n) is 2.28. The van der Waals surface area contributed by atoms with E-state index in [4.69, 9.17) is 0 Å². The third-order valence-corrected chi connectivity index (χ3v) is 7.70. The van der Waals surface area contributed by atoms with E-state index in [0.29, 0.717) is 0 Å². The zero-order chi connectivity index (χ0) is 10.8. The standard InChI is InChI=1S/C13H28P2/c1-2-3-4-5-9-12-14-15-13-10-7-6-8-11-13/h13-15H,2-12H2,1H3. The van der Waals surface area contributed by atoms with E-state index < -0.39 is 0 Å². The summed E-state index contributed by atoms with van der Waals surface area (Å²) in [5.74, 6) is 0. The summed E-state index contributed by atoms with van der Waals surface area (Å²) in [4.78, 5) is 0. The van der Waals surface area contributed by atoms with Gasteiger partial charge in [0.15, 0.2) is 0 Å². The van der Waals surface area contributed by atoms with Gasteiger partial charge in [-0.3, -0.25) is 0 Å². The molecular weight excluding hydrogens is 218 g/mol. The van der Waals surface area contributed by atoms with E-state index in [-0.39, 0.29) is 0 Å². The minimum Gasteiger partial charge on any atom is -0.0990 e. The summed E-state index contributed by atoms with van der Waals surface area (Å²) in [6.45, 7) is 2.30. The normalized spacial score (nSPS) is 19.8. The summed E-state index contributed by atoms with van der Waals surface area (Å²) in [5.41, 5.74) is 1.15. The second-order valence-corrected chi connectivity index (χ2v) is 8.71. The minimum absolute atomic E-state index is 1.15. The van der Waals surface area contributed by atoms with E-state index in [2.05, 4.69) is 6.92 Å². The Bertz CT molecular complexity index is 130. The molecule has 1 fully saturated rings. The molecule has 2 unspecified atom stereocenters. The lowest BCUT2D eigenvalue weighted by Gasteiger charge is -2.21. The van der Waals surface area contributed by atoms with Crippen LogP contribution in [-0.4, -0.2) is 11.8 Å². The molecule has 0 radical (unpaired) electrons. The zero-order valence-electron chi connectivity index (χ0n) is 10.4. The Labute approximate surface area is 99.8 Å². The van der Waals surface area contributed by atoms with Gasteiger partial charge in [-0.15, -0.1) is 0 Å². The van der Waals surface area contributed by atoms with Crippen LogP contribution in [-0.2, 0) is 0 Å². The maximum absolute atomic E-state index is 2.30. The summed E-state index contributed by atoms with van der Waals surface area (Å²) in [5, 5.41) is 0. The first-order valence-electron chi connectivity index (χ1n) is 6.92. The Kier molecular flexibility index (Phi) is 9.32. The molecule has 0 aromatic heterocycles. The summed E-state index contributed by atoms with van der Waals surface area (Å²) >= 11 is 0. The Balaban J connectivity index is 1.79. The quantitative estimate of drug-likeness (QED) is 0.388. The molecular formula is C13H28P2. The fraction of sp³-hybridized carbons (Fsp3) is 1.00. The molecule has 0 N–H and O–H groups in total. The maximum Gasteiger partial charge on any atom is -0.0200 e. The van der Waals surface area contributed by atoms with Crippen LogP contribution >= 0.6 is 16.5 Å². The van der Waals surface area contributed by atoms with Gasteiger partial charge in [-0.25, -0.2) is 0 Å². The van der Waals surface area contributed by atoms with Crippen molar-refractivity contribution < 1.29 is 0 Å². The first-order valence-corrected chi connectivity index (χ1v) is 10.2. The first kappa shape index (κ1) is 13.9. The molecule has 0 saturated heterocycles. The average Bonchev–Trinajstić information content (AvgIpc) is 2.29. The van der Waals surface area contributed by atoms with Crippen LogP contribution in [0.3, 0.4) is 0 Å². The summed E-state index contributed by atoms with van der Waals surface area (Å²) in [6.07, 6.45) is 16.5. The van der Waals surface area contributed by atoms with Gasteiger partial charge in [0.1, 0.15) is 0 Å². The van der Waals surface area contributed by atoms with Gasteiger partial charge in [-0.2, -0.15) is 0 Å². The third kappa shape index (κ3) is 7.70. The largest absolute Gasteiger partial charge is 0.0990 e. The van der Waals surface area contributed by atoms with E-state index in [9.17, 15) is 0 Å². The van der Waals surface area contributed by atoms with Gasteiger partial charge < -0.3 is 0 Å². The van der Waals surface area contributed by atoms with Crippen molar-refractivity contribution in [2.45, 2.75) is 76.8 Å². The topological polar surface area (TPSA) is 0 Å². The fourth-order valence-corrected chi connectivity index (χ4v) is 6.53. The molecule has 0 heterocycles. The van der Waals surface area contributed by atoms with Gasteiger partial charge in [0.2, 0.25) is 0 Å². The smallest absolute Gasteiger partial charge is 0.0200 e. The van der Waals surface area contributed by atoms with Crippen LogP contribution in [0.15, 0.2) is 0 Å². The van der Waals surface area contributed by atoms with Crippen LogP contribution in [0.25, 0.3) is 0 Å². The lowest BCUT2D eigenvalue weighted by molar-refractivity contribution is 0.515. The van der Waals surface area contributed by atoms with Gasteiger partial charge in [0, 0.05) is 0 Å². The lowest BCUT2D eigenvalue weighted by Crippen LogP contribution is -2.04. The number of hydrogen-bond acceptors (Lipinski definition) is 0.